The summed E-state index contributed by atoms with van der Waals surface area (Å²) in [6.07, 6.45) is 3.72. The number of carbonyl (C=O) groups excluding carboxylic acids is 1. The number of fused-ring (bicyclic) bond motifs is 1. The Kier molecular flexibility index (Phi) is 2.81. The minimum absolute atomic E-state index is 0.0496. The molecule has 7 nitrogen and oxygen atoms in total. The van der Waals surface area contributed by atoms with Gasteiger partial charge in [0.05, 0.1) is 6.54 Å². The second-order valence-corrected chi connectivity index (χ2v) is 4.93. The third kappa shape index (κ3) is 1.80. The Bertz CT molecular complexity index is 458. The Balaban J connectivity index is 1.71. The molecule has 3 atom stereocenters. The first kappa shape index (κ1) is 11.6. The van der Waals surface area contributed by atoms with E-state index in [1.165, 1.54) is 0 Å². The van der Waals surface area contributed by atoms with Crippen LogP contribution in [0.25, 0.3) is 0 Å². The average molecular weight is 250 g/mol. The Labute approximate surface area is 105 Å². The van der Waals surface area contributed by atoms with E-state index in [-0.39, 0.29) is 24.0 Å². The van der Waals surface area contributed by atoms with E-state index in [9.17, 15) is 4.79 Å². The van der Waals surface area contributed by atoms with E-state index in [2.05, 4.69) is 20.4 Å². The Hall–Kier alpha value is -1.44. The predicted octanol–water partition coefficient (Wildman–Crippen LogP) is -1.58. The van der Waals surface area contributed by atoms with Crippen molar-refractivity contribution in [2.45, 2.75) is 38.1 Å². The lowest BCUT2D eigenvalue weighted by molar-refractivity contribution is -0.135. The molecule has 0 spiro atoms. The van der Waals surface area contributed by atoms with Gasteiger partial charge in [0.25, 0.3) is 0 Å². The number of carbonyl (C=O) groups is 1. The third-order valence-corrected chi connectivity index (χ3v) is 3.75. The van der Waals surface area contributed by atoms with Gasteiger partial charge < -0.3 is 15.2 Å². The molecule has 4 N–H and O–H groups in total. The van der Waals surface area contributed by atoms with Gasteiger partial charge in [-0.3, -0.25) is 10.2 Å². The molecule has 2 aliphatic heterocycles. The number of nitrogens with two attached hydrogens (primary N) is 1. The van der Waals surface area contributed by atoms with Crippen LogP contribution in [0.1, 0.15) is 12.7 Å². The summed E-state index contributed by atoms with van der Waals surface area (Å²) < 4.78 is 2.08. The van der Waals surface area contributed by atoms with Crippen LogP contribution in [0, 0.1) is 0 Å². The first-order chi connectivity index (χ1) is 8.66. The van der Waals surface area contributed by atoms with Crippen molar-refractivity contribution in [3.63, 3.8) is 0 Å². The van der Waals surface area contributed by atoms with Gasteiger partial charge in [0.15, 0.2) is 0 Å². The molecule has 18 heavy (non-hydrogen) atoms. The van der Waals surface area contributed by atoms with E-state index in [1.54, 1.807) is 6.20 Å². The number of nitrogens with zero attached hydrogens (tertiary/aromatic N) is 3. The molecular formula is C11H18N6O. The van der Waals surface area contributed by atoms with Crippen LogP contribution in [-0.2, 0) is 17.9 Å². The largest absolute Gasteiger partial charge is 0.332 e. The smallest absolute Gasteiger partial charge is 0.243 e. The molecule has 0 aromatic carbocycles. The van der Waals surface area contributed by atoms with Crippen LogP contribution >= 0.6 is 0 Å². The van der Waals surface area contributed by atoms with Gasteiger partial charge >= 0.3 is 0 Å². The molecule has 3 heterocycles. The van der Waals surface area contributed by atoms with Gasteiger partial charge in [0.2, 0.25) is 5.91 Å². The molecule has 2 aliphatic rings. The van der Waals surface area contributed by atoms with Gasteiger partial charge in [-0.1, -0.05) is 0 Å². The molecule has 0 saturated carbocycles. The van der Waals surface area contributed by atoms with E-state index in [0.717, 1.165) is 12.4 Å². The van der Waals surface area contributed by atoms with Crippen LogP contribution in [0.5, 0.6) is 0 Å². The maximum Gasteiger partial charge on any atom is 0.243 e. The van der Waals surface area contributed by atoms with Gasteiger partial charge in [0.1, 0.15) is 11.9 Å². The van der Waals surface area contributed by atoms with Gasteiger partial charge in [0, 0.05) is 37.6 Å². The Morgan fingerprint density at radius 3 is 3.06 bits per heavy atom. The monoisotopic (exact) mass is 250 g/mol. The van der Waals surface area contributed by atoms with Gasteiger partial charge in [-0.2, -0.15) is 0 Å². The van der Waals surface area contributed by atoms with E-state index in [1.807, 2.05) is 18.0 Å². The summed E-state index contributed by atoms with van der Waals surface area (Å²) in [5.74, 6) is 0.982. The molecule has 0 aliphatic carbocycles. The second-order valence-electron chi connectivity index (χ2n) is 4.93. The van der Waals surface area contributed by atoms with Crippen LogP contribution in [0.3, 0.4) is 0 Å². The number of hydrazine groups is 1. The lowest BCUT2D eigenvalue weighted by Crippen LogP contribution is -2.53. The van der Waals surface area contributed by atoms with Crippen LogP contribution in [0.2, 0.25) is 0 Å². The van der Waals surface area contributed by atoms with E-state index < -0.39 is 0 Å². The van der Waals surface area contributed by atoms with Gasteiger partial charge in [-0.05, 0) is 6.92 Å². The van der Waals surface area contributed by atoms with Crippen LogP contribution in [-0.4, -0.2) is 45.0 Å². The normalized spacial score (nSPS) is 31.4. The van der Waals surface area contributed by atoms with Gasteiger partial charge in [-0.25, -0.2) is 10.4 Å². The third-order valence-electron chi connectivity index (χ3n) is 3.75. The molecule has 1 amide bonds. The Morgan fingerprint density at radius 2 is 2.33 bits per heavy atom. The summed E-state index contributed by atoms with van der Waals surface area (Å²) in [7, 11) is 0. The number of imidazole rings is 1. The van der Waals surface area contributed by atoms with Crippen molar-refractivity contribution in [3.8, 4) is 0 Å². The van der Waals surface area contributed by atoms with Crippen LogP contribution in [0.4, 0.5) is 0 Å². The van der Waals surface area contributed by atoms with Gasteiger partial charge in [-0.15, -0.1) is 0 Å². The minimum atomic E-state index is -0.346. The molecule has 7 heteroatoms. The van der Waals surface area contributed by atoms with Crippen LogP contribution < -0.4 is 16.6 Å². The first-order valence-electron chi connectivity index (χ1n) is 6.22. The molecule has 1 aromatic heterocycles. The molecule has 1 fully saturated rings. The van der Waals surface area contributed by atoms with Crippen molar-refractivity contribution in [3.05, 3.63) is 18.2 Å². The summed E-state index contributed by atoms with van der Waals surface area (Å²) in [6, 6.07) is -0.439. The number of amides is 1. The average Bonchev–Trinajstić information content (AvgIpc) is 2.96. The predicted molar refractivity (Wildman–Crippen MR) is 65.1 cm³/mol. The summed E-state index contributed by atoms with van der Waals surface area (Å²) in [6.45, 7) is 4.03. The summed E-state index contributed by atoms with van der Waals surface area (Å²) in [4.78, 5) is 18.5. The lowest BCUT2D eigenvalue weighted by atomic mass is 10.0. The first-order valence-corrected chi connectivity index (χ1v) is 6.22. The molecule has 1 aromatic rings. The highest BCUT2D eigenvalue weighted by Crippen LogP contribution is 2.14. The highest BCUT2D eigenvalue weighted by Gasteiger charge is 2.38. The number of rotatable bonds is 1. The molecule has 3 rings (SSSR count). The SMILES string of the molecule is CC1NNC(C(=O)N2CCn3ccnc3C2)C1N. The van der Waals surface area contributed by atoms with E-state index in [0.29, 0.717) is 13.1 Å². The maximum atomic E-state index is 12.4. The standard InChI is InChI=1S/C11H18N6O/c1-7-9(12)10(15-14-7)11(18)17-5-4-16-3-2-13-8(16)6-17/h2-3,7,9-10,14-15H,4-6,12H2,1H3. The molecule has 3 unspecified atom stereocenters. The molecule has 0 radical (unpaired) electrons. The number of aromatic nitrogens is 2. The number of nitrogens with one attached hydrogen (secondary N) is 2. The highest BCUT2D eigenvalue weighted by molar-refractivity contribution is 5.83. The zero-order chi connectivity index (χ0) is 12.7. The molecule has 0 bridgehead atoms. The number of hydrogen-bond acceptors (Lipinski definition) is 5. The zero-order valence-electron chi connectivity index (χ0n) is 10.3. The Morgan fingerprint density at radius 1 is 1.50 bits per heavy atom. The van der Waals surface area contributed by atoms with E-state index in [4.69, 9.17) is 5.73 Å². The zero-order valence-corrected chi connectivity index (χ0v) is 10.3. The number of hydrogen-bond donors (Lipinski definition) is 3. The summed E-state index contributed by atoms with van der Waals surface area (Å²) >= 11 is 0. The fourth-order valence-electron chi connectivity index (χ4n) is 2.49. The fourth-order valence-corrected chi connectivity index (χ4v) is 2.49. The maximum absolute atomic E-state index is 12.4. The minimum Gasteiger partial charge on any atom is -0.332 e. The van der Waals surface area contributed by atoms with Crippen molar-refractivity contribution in [1.82, 2.24) is 25.3 Å². The highest BCUT2D eigenvalue weighted by atomic mass is 16.2. The van der Waals surface area contributed by atoms with Crippen molar-refractivity contribution < 1.29 is 4.79 Å². The summed E-state index contributed by atoms with van der Waals surface area (Å²) in [5, 5.41) is 0. The van der Waals surface area contributed by atoms with E-state index >= 15 is 0 Å². The molecule has 98 valence electrons. The van der Waals surface area contributed by atoms with Crippen molar-refractivity contribution >= 4 is 5.91 Å². The molecular weight excluding hydrogens is 232 g/mol. The van der Waals surface area contributed by atoms with Crippen molar-refractivity contribution in [2.75, 3.05) is 6.54 Å². The van der Waals surface area contributed by atoms with Crippen molar-refractivity contribution in [1.29, 1.82) is 0 Å². The van der Waals surface area contributed by atoms with Crippen molar-refractivity contribution in [2.24, 2.45) is 5.73 Å². The second kappa shape index (κ2) is 4.34. The molecule has 1 saturated heterocycles. The topological polar surface area (TPSA) is 88.2 Å². The summed E-state index contributed by atoms with van der Waals surface area (Å²) in [5.41, 5.74) is 12.0. The quantitative estimate of drug-likeness (QED) is 0.560. The lowest BCUT2D eigenvalue weighted by Gasteiger charge is -2.30. The van der Waals surface area contributed by atoms with Crippen LogP contribution in [0.15, 0.2) is 12.4 Å². The fraction of sp³-hybridized carbons (Fsp3) is 0.636.